The molecular formula is C30H21ClF3NO4. The molecule has 5 nitrogen and oxygen atoms in total. The minimum Gasteiger partial charge on any atom is -0.489 e. The molecule has 9 heteroatoms. The molecule has 0 spiro atoms. The van der Waals surface area contributed by atoms with Gasteiger partial charge in [0, 0.05) is 28.7 Å². The molecule has 1 aliphatic carbocycles. The van der Waals surface area contributed by atoms with Gasteiger partial charge in [0.05, 0.1) is 28.8 Å². The Morgan fingerprint density at radius 1 is 1.08 bits per heavy atom. The Morgan fingerprint density at radius 2 is 1.87 bits per heavy atom. The minimum absolute atomic E-state index is 0.0431. The van der Waals surface area contributed by atoms with Crippen LogP contribution in [0.3, 0.4) is 0 Å². The highest BCUT2D eigenvalue weighted by atomic mass is 35.5. The van der Waals surface area contributed by atoms with Crippen LogP contribution in [0.25, 0.3) is 11.3 Å². The SMILES string of the molecule is COC(=O)c1cccc(C#Cc2ccc(OCc3c(-c4ccccc4C(F)(F)F)noc3C3CC3)cc2Cl)c1. The van der Waals surface area contributed by atoms with Crippen LogP contribution >= 0.6 is 11.6 Å². The molecule has 1 heterocycles. The zero-order chi connectivity index (χ0) is 27.6. The van der Waals surface area contributed by atoms with E-state index in [1.807, 2.05) is 0 Å². The Labute approximate surface area is 227 Å². The monoisotopic (exact) mass is 551 g/mol. The van der Waals surface area contributed by atoms with Crippen LogP contribution < -0.4 is 4.74 Å². The lowest BCUT2D eigenvalue weighted by molar-refractivity contribution is -0.137. The summed E-state index contributed by atoms with van der Waals surface area (Å²) in [5.41, 5.74) is 1.30. The molecule has 0 N–H and O–H groups in total. The molecule has 0 amide bonds. The fourth-order valence-electron chi connectivity index (χ4n) is 4.10. The number of benzene rings is 3. The highest BCUT2D eigenvalue weighted by molar-refractivity contribution is 6.31. The number of halogens is 4. The molecular weight excluding hydrogens is 531 g/mol. The summed E-state index contributed by atoms with van der Waals surface area (Å²) >= 11 is 6.44. The molecule has 0 saturated heterocycles. The quantitative estimate of drug-likeness (QED) is 0.182. The zero-order valence-corrected chi connectivity index (χ0v) is 21.4. The normalized spacial score (nSPS) is 12.9. The lowest BCUT2D eigenvalue weighted by atomic mass is 9.99. The van der Waals surface area contributed by atoms with Gasteiger partial charge >= 0.3 is 12.1 Å². The fraction of sp³-hybridized carbons (Fsp3) is 0.200. The third kappa shape index (κ3) is 5.94. The number of hydrogen-bond acceptors (Lipinski definition) is 5. The number of hydrogen-bond donors (Lipinski definition) is 0. The maximum Gasteiger partial charge on any atom is 0.417 e. The van der Waals surface area contributed by atoms with Crippen LogP contribution in [-0.4, -0.2) is 18.2 Å². The molecule has 39 heavy (non-hydrogen) atoms. The van der Waals surface area contributed by atoms with E-state index >= 15 is 0 Å². The van der Waals surface area contributed by atoms with Gasteiger partial charge in [-0.2, -0.15) is 13.2 Å². The molecule has 3 aromatic carbocycles. The van der Waals surface area contributed by atoms with Crippen molar-refractivity contribution in [3.8, 4) is 28.8 Å². The van der Waals surface area contributed by atoms with Gasteiger partial charge in [-0.05, 0) is 49.2 Å². The van der Waals surface area contributed by atoms with E-state index in [1.54, 1.807) is 42.5 Å². The Morgan fingerprint density at radius 3 is 2.59 bits per heavy atom. The van der Waals surface area contributed by atoms with E-state index < -0.39 is 17.7 Å². The first-order valence-electron chi connectivity index (χ1n) is 12.0. The second-order valence-electron chi connectivity index (χ2n) is 8.94. The number of methoxy groups -OCH3 is 1. The number of ether oxygens (including phenoxy) is 2. The van der Waals surface area contributed by atoms with E-state index in [2.05, 4.69) is 17.0 Å². The summed E-state index contributed by atoms with van der Waals surface area (Å²) in [5, 5.41) is 4.35. The van der Waals surface area contributed by atoms with Crippen LogP contribution in [0.5, 0.6) is 5.75 Å². The minimum atomic E-state index is -4.54. The third-order valence-corrected chi connectivity index (χ3v) is 6.52. The van der Waals surface area contributed by atoms with Crippen molar-refractivity contribution in [1.82, 2.24) is 5.16 Å². The summed E-state index contributed by atoms with van der Waals surface area (Å²) in [6, 6.07) is 16.9. The van der Waals surface area contributed by atoms with Crippen LogP contribution in [0.2, 0.25) is 5.02 Å². The van der Waals surface area contributed by atoms with Gasteiger partial charge in [0.1, 0.15) is 23.8 Å². The Kier molecular flexibility index (Phi) is 7.36. The Bertz CT molecular complexity index is 1600. The molecule has 1 saturated carbocycles. The van der Waals surface area contributed by atoms with Crippen molar-refractivity contribution >= 4 is 17.6 Å². The lowest BCUT2D eigenvalue weighted by Gasteiger charge is -2.13. The van der Waals surface area contributed by atoms with Gasteiger partial charge in [-0.15, -0.1) is 0 Å². The van der Waals surface area contributed by atoms with Gasteiger partial charge in [0.15, 0.2) is 0 Å². The second kappa shape index (κ2) is 10.9. The lowest BCUT2D eigenvalue weighted by Crippen LogP contribution is -2.08. The summed E-state index contributed by atoms with van der Waals surface area (Å²) < 4.78 is 57.2. The topological polar surface area (TPSA) is 61.6 Å². The number of alkyl halides is 3. The molecule has 198 valence electrons. The van der Waals surface area contributed by atoms with Crippen molar-refractivity contribution in [2.24, 2.45) is 0 Å². The summed E-state index contributed by atoms with van der Waals surface area (Å²) in [4.78, 5) is 11.7. The molecule has 0 bridgehead atoms. The Balaban J connectivity index is 1.37. The van der Waals surface area contributed by atoms with Crippen LogP contribution in [0.15, 0.2) is 71.3 Å². The molecule has 1 fully saturated rings. The predicted octanol–water partition coefficient (Wildman–Crippen LogP) is 7.66. The first-order chi connectivity index (χ1) is 18.7. The van der Waals surface area contributed by atoms with Gasteiger partial charge < -0.3 is 14.0 Å². The van der Waals surface area contributed by atoms with Crippen molar-refractivity contribution in [2.45, 2.75) is 31.5 Å². The molecule has 1 aliphatic rings. The van der Waals surface area contributed by atoms with Crippen molar-refractivity contribution in [3.05, 3.63) is 105 Å². The van der Waals surface area contributed by atoms with Gasteiger partial charge in [-0.3, -0.25) is 0 Å². The number of esters is 1. The molecule has 0 aliphatic heterocycles. The summed E-state index contributed by atoms with van der Waals surface area (Å²) in [6.45, 7) is -0.0431. The standard InChI is InChI=1S/C30H21ClF3NO4/c1-37-29(36)21-6-4-5-18(15-21)9-10-19-13-14-22(16-26(19)31)38-17-24-27(35-39-28(24)20-11-12-20)23-7-2-3-8-25(23)30(32,33)34/h2-8,13-16,20H,11-12,17H2,1H3. The molecule has 4 aromatic rings. The first-order valence-corrected chi connectivity index (χ1v) is 12.4. The van der Waals surface area contributed by atoms with E-state index in [0.717, 1.165) is 18.9 Å². The van der Waals surface area contributed by atoms with Crippen LogP contribution in [-0.2, 0) is 17.5 Å². The van der Waals surface area contributed by atoms with Gasteiger partial charge in [0.25, 0.3) is 0 Å². The summed E-state index contributed by atoms with van der Waals surface area (Å²) in [7, 11) is 1.31. The number of rotatable bonds is 6. The smallest absolute Gasteiger partial charge is 0.417 e. The number of carbonyl (C=O) groups excluding carboxylic acids is 1. The number of aromatic nitrogens is 1. The summed E-state index contributed by atoms with van der Waals surface area (Å²) in [6.07, 6.45) is -2.78. The molecule has 5 rings (SSSR count). The predicted molar refractivity (Wildman–Crippen MR) is 138 cm³/mol. The van der Waals surface area contributed by atoms with E-state index in [4.69, 9.17) is 25.6 Å². The third-order valence-electron chi connectivity index (χ3n) is 6.20. The van der Waals surface area contributed by atoms with Crippen LogP contribution in [0, 0.1) is 11.8 Å². The second-order valence-corrected chi connectivity index (χ2v) is 9.35. The van der Waals surface area contributed by atoms with E-state index in [1.165, 1.54) is 25.3 Å². The van der Waals surface area contributed by atoms with Crippen LogP contribution in [0.1, 0.15) is 57.1 Å². The Hall–Kier alpha value is -4.22. The molecule has 0 atom stereocenters. The fourth-order valence-corrected chi connectivity index (χ4v) is 4.32. The zero-order valence-electron chi connectivity index (χ0n) is 20.6. The van der Waals surface area contributed by atoms with Crippen LogP contribution in [0.4, 0.5) is 13.2 Å². The van der Waals surface area contributed by atoms with Gasteiger partial charge in [-0.1, -0.05) is 52.9 Å². The largest absolute Gasteiger partial charge is 0.489 e. The number of nitrogens with zero attached hydrogens (tertiary/aromatic N) is 1. The van der Waals surface area contributed by atoms with Gasteiger partial charge in [0.2, 0.25) is 0 Å². The van der Waals surface area contributed by atoms with E-state index in [9.17, 15) is 18.0 Å². The van der Waals surface area contributed by atoms with Crippen molar-refractivity contribution in [3.63, 3.8) is 0 Å². The van der Waals surface area contributed by atoms with E-state index in [0.29, 0.717) is 38.8 Å². The first kappa shape index (κ1) is 26.4. The maximum absolute atomic E-state index is 13.7. The molecule has 0 unspecified atom stereocenters. The average Bonchev–Trinajstić information content (AvgIpc) is 3.69. The number of carbonyl (C=O) groups is 1. The molecule has 0 radical (unpaired) electrons. The summed E-state index contributed by atoms with van der Waals surface area (Å²) in [5.74, 6) is 6.56. The average molecular weight is 552 g/mol. The van der Waals surface area contributed by atoms with Crippen molar-refractivity contribution < 1.29 is 32.0 Å². The maximum atomic E-state index is 13.7. The molecule has 1 aromatic heterocycles. The van der Waals surface area contributed by atoms with Crippen molar-refractivity contribution in [2.75, 3.05) is 7.11 Å². The van der Waals surface area contributed by atoms with Gasteiger partial charge in [-0.25, -0.2) is 4.79 Å². The van der Waals surface area contributed by atoms with E-state index in [-0.39, 0.29) is 23.8 Å². The highest BCUT2D eigenvalue weighted by Crippen LogP contribution is 2.46. The highest BCUT2D eigenvalue weighted by Gasteiger charge is 2.37. The van der Waals surface area contributed by atoms with Crippen molar-refractivity contribution in [1.29, 1.82) is 0 Å².